The van der Waals surface area contributed by atoms with Crippen LogP contribution in [0.3, 0.4) is 0 Å². The van der Waals surface area contributed by atoms with Crippen molar-refractivity contribution >= 4 is 17.0 Å². The summed E-state index contributed by atoms with van der Waals surface area (Å²) in [5, 5.41) is 9.53. The second-order valence-corrected chi connectivity index (χ2v) is 4.53. The minimum absolute atomic E-state index is 0.133. The van der Waals surface area contributed by atoms with E-state index in [0.29, 0.717) is 17.0 Å². The maximum atomic E-state index is 9.53. The Hall–Kier alpha value is -1.73. The first-order chi connectivity index (χ1) is 8.66. The number of nitrogen functional groups attached to an aromatic ring is 1. The summed E-state index contributed by atoms with van der Waals surface area (Å²) in [5.41, 5.74) is 6.99. The molecule has 0 aliphatic carbocycles. The summed E-state index contributed by atoms with van der Waals surface area (Å²) in [6.07, 6.45) is 3.97. The van der Waals surface area contributed by atoms with Crippen molar-refractivity contribution < 1.29 is 9.84 Å². The summed E-state index contributed by atoms with van der Waals surface area (Å²) in [6.45, 7) is 1.74. The molecule has 3 N–H and O–H groups in total. The molecule has 1 saturated heterocycles. The summed E-state index contributed by atoms with van der Waals surface area (Å²) in [7, 11) is 0. The number of hydrogen-bond acceptors (Lipinski definition) is 6. The zero-order valence-corrected chi connectivity index (χ0v) is 10.0. The highest BCUT2D eigenvalue weighted by Crippen LogP contribution is 2.32. The van der Waals surface area contributed by atoms with Crippen LogP contribution in [0.1, 0.15) is 26.0 Å². The Bertz CT molecular complexity index is 568. The Morgan fingerprint density at radius 1 is 1.44 bits per heavy atom. The summed E-state index contributed by atoms with van der Waals surface area (Å²) in [4.78, 5) is 12.3. The SMILES string of the molecule is C[C@H](O)C1CC[C@H](n2cnc3c(N)ncnc32)O1. The molecule has 1 aliphatic heterocycles. The van der Waals surface area contributed by atoms with Crippen LogP contribution in [-0.2, 0) is 4.74 Å². The molecular weight excluding hydrogens is 234 g/mol. The number of aliphatic hydroxyl groups is 1. The molecule has 7 nitrogen and oxygen atoms in total. The van der Waals surface area contributed by atoms with E-state index in [4.69, 9.17) is 10.5 Å². The maximum Gasteiger partial charge on any atom is 0.167 e. The molecule has 96 valence electrons. The van der Waals surface area contributed by atoms with Crippen LogP contribution in [0.25, 0.3) is 11.2 Å². The summed E-state index contributed by atoms with van der Waals surface area (Å²) >= 11 is 0. The van der Waals surface area contributed by atoms with E-state index in [1.165, 1.54) is 6.33 Å². The lowest BCUT2D eigenvalue weighted by molar-refractivity contribution is -0.0515. The van der Waals surface area contributed by atoms with Crippen molar-refractivity contribution in [3.8, 4) is 0 Å². The van der Waals surface area contributed by atoms with Gasteiger partial charge in [-0.1, -0.05) is 0 Å². The summed E-state index contributed by atoms with van der Waals surface area (Å²) in [5.74, 6) is 0.365. The molecule has 2 aromatic heterocycles. The van der Waals surface area contributed by atoms with Crippen LogP contribution in [0.15, 0.2) is 12.7 Å². The Kier molecular flexibility index (Phi) is 2.64. The first-order valence-corrected chi connectivity index (χ1v) is 5.93. The second kappa shape index (κ2) is 4.18. The number of nitrogens with zero attached hydrogens (tertiary/aromatic N) is 4. The minimum Gasteiger partial charge on any atom is -0.391 e. The fourth-order valence-electron chi connectivity index (χ4n) is 2.29. The summed E-state index contributed by atoms with van der Waals surface area (Å²) in [6, 6.07) is 0. The van der Waals surface area contributed by atoms with Crippen molar-refractivity contribution in [1.82, 2.24) is 19.5 Å². The molecule has 1 aliphatic rings. The molecule has 1 unspecified atom stereocenters. The highest BCUT2D eigenvalue weighted by molar-refractivity contribution is 5.81. The van der Waals surface area contributed by atoms with Gasteiger partial charge in [0.2, 0.25) is 0 Å². The van der Waals surface area contributed by atoms with Gasteiger partial charge in [-0.25, -0.2) is 15.0 Å². The van der Waals surface area contributed by atoms with Gasteiger partial charge >= 0.3 is 0 Å². The van der Waals surface area contributed by atoms with Crippen LogP contribution in [-0.4, -0.2) is 36.8 Å². The molecule has 18 heavy (non-hydrogen) atoms. The van der Waals surface area contributed by atoms with Gasteiger partial charge in [-0.3, -0.25) is 4.57 Å². The van der Waals surface area contributed by atoms with Crippen molar-refractivity contribution in [2.45, 2.75) is 38.2 Å². The van der Waals surface area contributed by atoms with Crippen LogP contribution in [0.5, 0.6) is 0 Å². The molecule has 0 spiro atoms. The Morgan fingerprint density at radius 3 is 3.00 bits per heavy atom. The molecule has 0 amide bonds. The second-order valence-electron chi connectivity index (χ2n) is 4.53. The number of aromatic nitrogens is 4. The fourth-order valence-corrected chi connectivity index (χ4v) is 2.29. The van der Waals surface area contributed by atoms with Crippen LogP contribution >= 0.6 is 0 Å². The average Bonchev–Trinajstić information content (AvgIpc) is 2.94. The van der Waals surface area contributed by atoms with Crippen LogP contribution in [0.2, 0.25) is 0 Å². The largest absolute Gasteiger partial charge is 0.391 e. The van der Waals surface area contributed by atoms with Gasteiger partial charge in [0.15, 0.2) is 11.5 Å². The van der Waals surface area contributed by atoms with Crippen molar-refractivity contribution in [2.75, 3.05) is 5.73 Å². The van der Waals surface area contributed by atoms with E-state index >= 15 is 0 Å². The van der Waals surface area contributed by atoms with Gasteiger partial charge in [0.05, 0.1) is 18.5 Å². The lowest BCUT2D eigenvalue weighted by Gasteiger charge is -2.16. The van der Waals surface area contributed by atoms with E-state index in [1.54, 1.807) is 13.3 Å². The van der Waals surface area contributed by atoms with Gasteiger partial charge in [0.1, 0.15) is 18.1 Å². The standard InChI is InChI=1S/C11H15N5O2/c1-6(17)7-2-3-8(18-7)16-5-15-9-10(12)13-4-14-11(9)16/h4-8,17H,2-3H2,1H3,(H2,12,13,14)/t6-,7?,8+/m0/s1. The Labute approximate surface area is 104 Å². The number of rotatable bonds is 2. The van der Waals surface area contributed by atoms with Crippen molar-refractivity contribution in [3.63, 3.8) is 0 Å². The normalized spacial score (nSPS) is 25.7. The quantitative estimate of drug-likeness (QED) is 0.802. The number of aliphatic hydroxyl groups excluding tert-OH is 1. The molecule has 0 aromatic carbocycles. The molecule has 1 fully saturated rings. The molecule has 3 atom stereocenters. The third kappa shape index (κ3) is 1.72. The van der Waals surface area contributed by atoms with Crippen LogP contribution in [0, 0.1) is 0 Å². The first kappa shape index (κ1) is 11.4. The van der Waals surface area contributed by atoms with Crippen LogP contribution in [0.4, 0.5) is 5.82 Å². The molecular formula is C11H15N5O2. The van der Waals surface area contributed by atoms with E-state index in [0.717, 1.165) is 12.8 Å². The molecule has 0 bridgehead atoms. The molecule has 0 saturated carbocycles. The molecule has 7 heteroatoms. The third-order valence-electron chi connectivity index (χ3n) is 3.27. The minimum atomic E-state index is -0.468. The summed E-state index contributed by atoms with van der Waals surface area (Å²) < 4.78 is 7.63. The molecule has 0 radical (unpaired) electrons. The maximum absolute atomic E-state index is 9.53. The van der Waals surface area contributed by atoms with Gasteiger partial charge in [-0.05, 0) is 19.8 Å². The van der Waals surface area contributed by atoms with E-state index in [-0.39, 0.29) is 12.3 Å². The van der Waals surface area contributed by atoms with Gasteiger partial charge < -0.3 is 15.6 Å². The number of ether oxygens (including phenoxy) is 1. The van der Waals surface area contributed by atoms with E-state index in [9.17, 15) is 5.11 Å². The smallest absolute Gasteiger partial charge is 0.167 e. The first-order valence-electron chi connectivity index (χ1n) is 5.93. The topological polar surface area (TPSA) is 99.1 Å². The Morgan fingerprint density at radius 2 is 2.28 bits per heavy atom. The average molecular weight is 249 g/mol. The zero-order valence-electron chi connectivity index (χ0n) is 10.0. The number of anilines is 1. The van der Waals surface area contributed by atoms with Crippen molar-refractivity contribution in [1.29, 1.82) is 0 Å². The van der Waals surface area contributed by atoms with E-state index in [1.807, 2.05) is 4.57 Å². The molecule has 3 rings (SSSR count). The van der Waals surface area contributed by atoms with Gasteiger partial charge in [0, 0.05) is 0 Å². The lowest BCUT2D eigenvalue weighted by Crippen LogP contribution is -2.22. The zero-order chi connectivity index (χ0) is 12.7. The molecule has 3 heterocycles. The monoisotopic (exact) mass is 249 g/mol. The van der Waals surface area contributed by atoms with Gasteiger partial charge in [-0.15, -0.1) is 0 Å². The number of hydrogen-bond donors (Lipinski definition) is 2. The van der Waals surface area contributed by atoms with Crippen molar-refractivity contribution in [2.24, 2.45) is 0 Å². The number of imidazole rings is 1. The highest BCUT2D eigenvalue weighted by atomic mass is 16.5. The van der Waals surface area contributed by atoms with Gasteiger partial charge in [-0.2, -0.15) is 0 Å². The van der Waals surface area contributed by atoms with E-state index in [2.05, 4.69) is 15.0 Å². The fraction of sp³-hybridized carbons (Fsp3) is 0.545. The van der Waals surface area contributed by atoms with E-state index < -0.39 is 6.10 Å². The third-order valence-corrected chi connectivity index (χ3v) is 3.27. The lowest BCUT2D eigenvalue weighted by atomic mass is 10.1. The predicted octanol–water partition coefficient (Wildman–Crippen LogP) is 0.467. The molecule has 2 aromatic rings. The van der Waals surface area contributed by atoms with Crippen LogP contribution < -0.4 is 5.73 Å². The Balaban J connectivity index is 1.94. The highest BCUT2D eigenvalue weighted by Gasteiger charge is 2.30. The number of fused-ring (bicyclic) bond motifs is 1. The van der Waals surface area contributed by atoms with Gasteiger partial charge in [0.25, 0.3) is 0 Å². The van der Waals surface area contributed by atoms with Crippen molar-refractivity contribution in [3.05, 3.63) is 12.7 Å². The predicted molar refractivity (Wildman–Crippen MR) is 64.6 cm³/mol. The number of nitrogens with two attached hydrogens (primary N) is 1.